The Hall–Kier alpha value is -1.31. The number of aldehydes is 1. The Morgan fingerprint density at radius 3 is 2.50 bits per heavy atom. The highest BCUT2D eigenvalue weighted by Gasteiger charge is 2.09. The Kier molecular flexibility index (Phi) is 2.48. The summed E-state index contributed by atoms with van der Waals surface area (Å²) < 4.78 is 0. The van der Waals surface area contributed by atoms with Crippen LogP contribution in [0.4, 0.5) is 0 Å². The molecular weight excluding hydrogens is 152 g/mol. The van der Waals surface area contributed by atoms with Gasteiger partial charge < -0.3 is 5.11 Å². The Morgan fingerprint density at radius 2 is 2.08 bits per heavy atom. The molecule has 1 N–H and O–H groups in total. The topological polar surface area (TPSA) is 37.3 Å². The largest absolute Gasteiger partial charge is 0.508 e. The zero-order valence-corrected chi connectivity index (χ0v) is 7.24. The Balaban J connectivity index is 3.29. The van der Waals surface area contributed by atoms with Crippen molar-refractivity contribution in [1.29, 1.82) is 0 Å². The maximum absolute atomic E-state index is 10.6. The van der Waals surface area contributed by atoms with Gasteiger partial charge in [0.1, 0.15) is 12.0 Å². The van der Waals surface area contributed by atoms with E-state index in [1.54, 1.807) is 18.2 Å². The second kappa shape index (κ2) is 3.39. The van der Waals surface area contributed by atoms with E-state index in [2.05, 4.69) is 0 Å². The molecule has 1 aromatic carbocycles. The first kappa shape index (κ1) is 8.78. The molecule has 0 fully saturated rings. The second-order valence-corrected chi connectivity index (χ2v) is 3.05. The maximum Gasteiger partial charge on any atom is 0.150 e. The predicted molar refractivity (Wildman–Crippen MR) is 47.6 cm³/mol. The van der Waals surface area contributed by atoms with E-state index >= 15 is 0 Å². The maximum atomic E-state index is 10.6. The molecule has 0 aliphatic heterocycles. The summed E-state index contributed by atoms with van der Waals surface area (Å²) in [5, 5.41) is 9.43. The van der Waals surface area contributed by atoms with Crippen LogP contribution in [0.2, 0.25) is 0 Å². The number of carbonyl (C=O) groups excluding carboxylic acids is 1. The summed E-state index contributed by atoms with van der Waals surface area (Å²) in [6, 6.07) is 4.98. The van der Waals surface area contributed by atoms with E-state index in [0.717, 1.165) is 11.8 Å². The molecule has 0 bridgehead atoms. The van der Waals surface area contributed by atoms with Gasteiger partial charge in [0.2, 0.25) is 0 Å². The lowest BCUT2D eigenvalue weighted by molar-refractivity contribution is 0.112. The number of hydrogen-bond acceptors (Lipinski definition) is 2. The van der Waals surface area contributed by atoms with E-state index in [4.69, 9.17) is 0 Å². The molecule has 0 aromatic heterocycles. The van der Waals surface area contributed by atoms with Crippen LogP contribution in [0.3, 0.4) is 0 Å². The highest BCUT2D eigenvalue weighted by Crippen LogP contribution is 2.27. The van der Waals surface area contributed by atoms with Crippen LogP contribution in [0.25, 0.3) is 0 Å². The standard InChI is InChI=1S/C10H12O2/c1-7(2)10-8(6-11)4-3-5-9(10)12/h3-7,12H,1-2H3. The molecule has 0 spiro atoms. The fourth-order valence-electron chi connectivity index (χ4n) is 1.30. The third kappa shape index (κ3) is 1.47. The Bertz CT molecular complexity index is 290. The van der Waals surface area contributed by atoms with Crippen molar-refractivity contribution in [2.24, 2.45) is 0 Å². The van der Waals surface area contributed by atoms with E-state index in [-0.39, 0.29) is 11.7 Å². The molecule has 0 atom stereocenters. The van der Waals surface area contributed by atoms with Crippen molar-refractivity contribution in [1.82, 2.24) is 0 Å². The van der Waals surface area contributed by atoms with Gasteiger partial charge in [-0.25, -0.2) is 0 Å². The van der Waals surface area contributed by atoms with E-state index in [9.17, 15) is 9.90 Å². The summed E-state index contributed by atoms with van der Waals surface area (Å²) in [7, 11) is 0. The quantitative estimate of drug-likeness (QED) is 0.681. The molecule has 0 heterocycles. The molecule has 2 heteroatoms. The van der Waals surface area contributed by atoms with Crippen LogP contribution < -0.4 is 0 Å². The molecule has 1 rings (SSSR count). The molecule has 0 saturated heterocycles. The number of phenolic OH excluding ortho intramolecular Hbond substituents is 1. The van der Waals surface area contributed by atoms with Crippen LogP contribution in [0.5, 0.6) is 5.75 Å². The molecule has 0 saturated carbocycles. The number of carbonyl (C=O) groups is 1. The monoisotopic (exact) mass is 164 g/mol. The zero-order chi connectivity index (χ0) is 9.14. The van der Waals surface area contributed by atoms with Crippen LogP contribution >= 0.6 is 0 Å². The van der Waals surface area contributed by atoms with Crippen molar-refractivity contribution in [2.45, 2.75) is 19.8 Å². The normalized spacial score (nSPS) is 10.2. The average Bonchev–Trinajstić information content (AvgIpc) is 2.03. The third-order valence-corrected chi connectivity index (χ3v) is 1.82. The van der Waals surface area contributed by atoms with Gasteiger partial charge in [-0.3, -0.25) is 4.79 Å². The summed E-state index contributed by atoms with van der Waals surface area (Å²) in [5.74, 6) is 0.376. The molecule has 0 radical (unpaired) electrons. The van der Waals surface area contributed by atoms with Gasteiger partial charge in [0, 0.05) is 11.1 Å². The summed E-state index contributed by atoms with van der Waals surface area (Å²) in [4.78, 5) is 10.6. The predicted octanol–water partition coefficient (Wildman–Crippen LogP) is 2.33. The number of hydrogen-bond donors (Lipinski definition) is 1. The minimum absolute atomic E-state index is 0.173. The van der Waals surface area contributed by atoms with Crippen LogP contribution in [0.15, 0.2) is 18.2 Å². The fraction of sp³-hybridized carbons (Fsp3) is 0.300. The van der Waals surface area contributed by atoms with Crippen molar-refractivity contribution >= 4 is 6.29 Å². The number of phenols is 1. The molecule has 0 aliphatic carbocycles. The van der Waals surface area contributed by atoms with Gasteiger partial charge >= 0.3 is 0 Å². The molecule has 0 unspecified atom stereocenters. The van der Waals surface area contributed by atoms with Crippen molar-refractivity contribution in [3.8, 4) is 5.75 Å². The SMILES string of the molecule is CC(C)c1c(O)cccc1C=O. The Morgan fingerprint density at radius 1 is 1.42 bits per heavy atom. The molecule has 64 valence electrons. The molecule has 2 nitrogen and oxygen atoms in total. The lowest BCUT2D eigenvalue weighted by Gasteiger charge is -2.09. The van der Waals surface area contributed by atoms with E-state index in [1.807, 2.05) is 13.8 Å². The molecule has 0 amide bonds. The minimum atomic E-state index is 0.173. The number of aromatic hydroxyl groups is 1. The van der Waals surface area contributed by atoms with Crippen LogP contribution in [0.1, 0.15) is 35.7 Å². The average molecular weight is 164 g/mol. The molecule has 12 heavy (non-hydrogen) atoms. The van der Waals surface area contributed by atoms with Crippen molar-refractivity contribution in [2.75, 3.05) is 0 Å². The summed E-state index contributed by atoms with van der Waals surface area (Å²) in [6.07, 6.45) is 0.773. The highest BCUT2D eigenvalue weighted by atomic mass is 16.3. The van der Waals surface area contributed by atoms with Crippen molar-refractivity contribution in [3.05, 3.63) is 29.3 Å². The lowest BCUT2D eigenvalue weighted by Crippen LogP contribution is -1.94. The van der Waals surface area contributed by atoms with Crippen LogP contribution in [-0.4, -0.2) is 11.4 Å². The number of benzene rings is 1. The second-order valence-electron chi connectivity index (χ2n) is 3.05. The first-order chi connectivity index (χ1) is 5.66. The molecule has 0 aliphatic rings. The summed E-state index contributed by atoms with van der Waals surface area (Å²) >= 11 is 0. The Labute approximate surface area is 71.8 Å². The first-order valence-electron chi connectivity index (χ1n) is 3.94. The number of rotatable bonds is 2. The van der Waals surface area contributed by atoms with Crippen LogP contribution in [-0.2, 0) is 0 Å². The van der Waals surface area contributed by atoms with Gasteiger partial charge in [0.15, 0.2) is 0 Å². The highest BCUT2D eigenvalue weighted by molar-refractivity contribution is 5.79. The van der Waals surface area contributed by atoms with E-state index in [1.165, 1.54) is 0 Å². The third-order valence-electron chi connectivity index (χ3n) is 1.82. The van der Waals surface area contributed by atoms with Gasteiger partial charge in [-0.2, -0.15) is 0 Å². The van der Waals surface area contributed by atoms with Gasteiger partial charge in [0.05, 0.1) is 0 Å². The van der Waals surface area contributed by atoms with Crippen molar-refractivity contribution in [3.63, 3.8) is 0 Å². The summed E-state index contributed by atoms with van der Waals surface area (Å²) in [6.45, 7) is 3.89. The van der Waals surface area contributed by atoms with E-state index in [0.29, 0.717) is 5.56 Å². The lowest BCUT2D eigenvalue weighted by atomic mass is 9.97. The minimum Gasteiger partial charge on any atom is -0.508 e. The summed E-state index contributed by atoms with van der Waals surface area (Å²) in [5.41, 5.74) is 1.30. The molecule has 1 aromatic rings. The van der Waals surface area contributed by atoms with E-state index < -0.39 is 0 Å². The van der Waals surface area contributed by atoms with Gasteiger partial charge in [-0.05, 0) is 12.0 Å². The van der Waals surface area contributed by atoms with Gasteiger partial charge in [-0.15, -0.1) is 0 Å². The zero-order valence-electron chi connectivity index (χ0n) is 7.24. The first-order valence-corrected chi connectivity index (χ1v) is 3.94. The van der Waals surface area contributed by atoms with Gasteiger partial charge in [0.25, 0.3) is 0 Å². The van der Waals surface area contributed by atoms with Crippen molar-refractivity contribution < 1.29 is 9.90 Å². The molecular formula is C10H12O2. The fourth-order valence-corrected chi connectivity index (χ4v) is 1.30. The van der Waals surface area contributed by atoms with Gasteiger partial charge in [-0.1, -0.05) is 26.0 Å². The smallest absolute Gasteiger partial charge is 0.150 e. The van der Waals surface area contributed by atoms with Crippen LogP contribution in [0, 0.1) is 0 Å².